The van der Waals surface area contributed by atoms with Gasteiger partial charge >= 0.3 is 6.18 Å². The van der Waals surface area contributed by atoms with Crippen LogP contribution in [0.4, 0.5) is 19.0 Å². The lowest BCUT2D eigenvalue weighted by molar-refractivity contribution is -0.137. The van der Waals surface area contributed by atoms with Crippen molar-refractivity contribution in [2.24, 2.45) is 7.05 Å². The first-order chi connectivity index (χ1) is 16.1. The second-order valence-electron chi connectivity index (χ2n) is 7.84. The van der Waals surface area contributed by atoms with Crippen LogP contribution in [-0.2, 0) is 23.2 Å². The van der Waals surface area contributed by atoms with Gasteiger partial charge in [0.15, 0.2) is 5.82 Å². The SMILES string of the molecule is Cn1cc(-c2nc(-c3ccc(C(F)(F)F)cc3)cc(N3CCN(S(=O)(=O)CCO)CC3)n2)cn1. The van der Waals surface area contributed by atoms with Crippen molar-refractivity contribution in [2.45, 2.75) is 6.18 Å². The second kappa shape index (κ2) is 9.31. The summed E-state index contributed by atoms with van der Waals surface area (Å²) in [5.41, 5.74) is 0.818. The van der Waals surface area contributed by atoms with Crippen LogP contribution in [0.15, 0.2) is 42.7 Å². The maximum atomic E-state index is 13.0. The van der Waals surface area contributed by atoms with Crippen LogP contribution in [0.3, 0.4) is 0 Å². The van der Waals surface area contributed by atoms with E-state index in [0.29, 0.717) is 41.6 Å². The third kappa shape index (κ3) is 5.21. The highest BCUT2D eigenvalue weighted by atomic mass is 32.2. The zero-order valence-electron chi connectivity index (χ0n) is 18.3. The fourth-order valence-electron chi connectivity index (χ4n) is 3.68. The van der Waals surface area contributed by atoms with Gasteiger partial charge in [-0.15, -0.1) is 0 Å². The second-order valence-corrected chi connectivity index (χ2v) is 9.93. The molecule has 1 aliphatic heterocycles. The number of halogens is 3. The minimum absolute atomic E-state index is 0.226. The third-order valence-electron chi connectivity index (χ3n) is 5.49. The standard InChI is InChI=1S/C21H23F3N6O3S/c1-28-14-16(13-25-28)20-26-18(15-2-4-17(5-3-15)21(22,23)24)12-19(27-20)29-6-8-30(9-7-29)34(32,33)11-10-31/h2-5,12-14,31H,6-11H2,1H3. The first-order valence-corrected chi connectivity index (χ1v) is 12.1. The van der Waals surface area contributed by atoms with E-state index in [0.717, 1.165) is 12.1 Å². The fourth-order valence-corrected chi connectivity index (χ4v) is 4.89. The van der Waals surface area contributed by atoms with E-state index in [1.165, 1.54) is 16.4 Å². The van der Waals surface area contributed by atoms with Crippen LogP contribution >= 0.6 is 0 Å². The monoisotopic (exact) mass is 496 g/mol. The molecule has 3 aromatic rings. The van der Waals surface area contributed by atoms with Gasteiger partial charge in [0.05, 0.1) is 35.4 Å². The molecule has 34 heavy (non-hydrogen) atoms. The Hall–Kier alpha value is -3.03. The summed E-state index contributed by atoms with van der Waals surface area (Å²) in [7, 11) is -1.79. The topological polar surface area (TPSA) is 104 Å². The zero-order valence-corrected chi connectivity index (χ0v) is 19.1. The van der Waals surface area contributed by atoms with E-state index in [9.17, 15) is 21.6 Å². The van der Waals surface area contributed by atoms with E-state index in [-0.39, 0.29) is 18.8 Å². The average molecular weight is 497 g/mol. The van der Waals surface area contributed by atoms with E-state index in [1.807, 2.05) is 4.90 Å². The lowest BCUT2D eigenvalue weighted by Crippen LogP contribution is -2.49. The fraction of sp³-hybridized carbons (Fsp3) is 0.381. The summed E-state index contributed by atoms with van der Waals surface area (Å²) in [6.45, 7) is 0.731. The van der Waals surface area contributed by atoms with E-state index >= 15 is 0 Å². The molecule has 13 heteroatoms. The molecule has 3 heterocycles. The summed E-state index contributed by atoms with van der Waals surface area (Å²) in [5.74, 6) is 0.558. The number of anilines is 1. The van der Waals surface area contributed by atoms with E-state index in [4.69, 9.17) is 5.11 Å². The number of rotatable bonds is 6. The Balaban J connectivity index is 1.66. The molecule has 2 aromatic heterocycles. The number of benzene rings is 1. The van der Waals surface area contributed by atoms with Crippen LogP contribution in [0, 0.1) is 0 Å². The van der Waals surface area contributed by atoms with Gasteiger partial charge in [0, 0.05) is 51.1 Å². The molecular weight excluding hydrogens is 473 g/mol. The highest BCUT2D eigenvalue weighted by Crippen LogP contribution is 2.32. The molecule has 182 valence electrons. The van der Waals surface area contributed by atoms with Crippen LogP contribution in [0.5, 0.6) is 0 Å². The molecule has 1 aromatic carbocycles. The van der Waals surface area contributed by atoms with Gasteiger partial charge in [0.25, 0.3) is 0 Å². The molecule has 1 fully saturated rings. The van der Waals surface area contributed by atoms with Gasteiger partial charge in [-0.2, -0.15) is 22.6 Å². The normalized spacial score (nSPS) is 15.6. The summed E-state index contributed by atoms with van der Waals surface area (Å²) in [6, 6.07) is 6.42. The van der Waals surface area contributed by atoms with Crippen molar-refractivity contribution in [3.05, 3.63) is 48.3 Å². The number of piperazine rings is 1. The van der Waals surface area contributed by atoms with Crippen molar-refractivity contribution < 1.29 is 26.7 Å². The predicted molar refractivity (Wildman–Crippen MR) is 119 cm³/mol. The Labute approximate surface area is 194 Å². The molecule has 0 radical (unpaired) electrons. The molecule has 0 atom stereocenters. The van der Waals surface area contributed by atoms with Crippen LogP contribution in [0.2, 0.25) is 0 Å². The molecule has 0 spiro atoms. The Bertz CT molecular complexity index is 1250. The van der Waals surface area contributed by atoms with Crippen molar-refractivity contribution in [1.29, 1.82) is 0 Å². The summed E-state index contributed by atoms with van der Waals surface area (Å²) in [6.07, 6.45) is -1.11. The number of aliphatic hydroxyl groups is 1. The highest BCUT2D eigenvalue weighted by molar-refractivity contribution is 7.89. The van der Waals surface area contributed by atoms with E-state index in [2.05, 4.69) is 15.1 Å². The van der Waals surface area contributed by atoms with Crippen molar-refractivity contribution in [3.63, 3.8) is 0 Å². The number of hydrogen-bond acceptors (Lipinski definition) is 7. The quantitative estimate of drug-likeness (QED) is 0.557. The van der Waals surface area contributed by atoms with Gasteiger partial charge < -0.3 is 10.0 Å². The smallest absolute Gasteiger partial charge is 0.395 e. The molecule has 0 unspecified atom stereocenters. The van der Waals surface area contributed by atoms with Crippen LogP contribution < -0.4 is 4.90 Å². The first kappa shape index (κ1) is 24.1. The Kier molecular flexibility index (Phi) is 6.60. The maximum absolute atomic E-state index is 13.0. The molecule has 0 aliphatic carbocycles. The minimum Gasteiger partial charge on any atom is -0.395 e. The van der Waals surface area contributed by atoms with Gasteiger partial charge in [-0.05, 0) is 12.1 Å². The number of hydrogen-bond donors (Lipinski definition) is 1. The number of nitrogens with zero attached hydrogens (tertiary/aromatic N) is 6. The third-order valence-corrected chi connectivity index (χ3v) is 7.34. The minimum atomic E-state index is -4.44. The van der Waals surface area contributed by atoms with Crippen molar-refractivity contribution >= 4 is 15.8 Å². The van der Waals surface area contributed by atoms with Crippen molar-refractivity contribution in [3.8, 4) is 22.6 Å². The molecule has 0 amide bonds. The molecule has 1 saturated heterocycles. The Morgan fingerprint density at radius 2 is 1.71 bits per heavy atom. The summed E-state index contributed by atoms with van der Waals surface area (Å²) >= 11 is 0. The molecule has 9 nitrogen and oxygen atoms in total. The zero-order chi connectivity index (χ0) is 24.5. The predicted octanol–water partition coefficient (Wildman–Crippen LogP) is 2.01. The largest absolute Gasteiger partial charge is 0.416 e. The summed E-state index contributed by atoms with van der Waals surface area (Å²) in [4.78, 5) is 11.1. The number of alkyl halides is 3. The average Bonchev–Trinajstić information content (AvgIpc) is 3.25. The van der Waals surface area contributed by atoms with Crippen LogP contribution in [-0.4, -0.2) is 76.1 Å². The van der Waals surface area contributed by atoms with Crippen molar-refractivity contribution in [1.82, 2.24) is 24.1 Å². The van der Waals surface area contributed by atoms with Crippen LogP contribution in [0.25, 0.3) is 22.6 Å². The van der Waals surface area contributed by atoms with E-state index < -0.39 is 28.4 Å². The van der Waals surface area contributed by atoms with Crippen LogP contribution in [0.1, 0.15) is 5.56 Å². The molecule has 1 aliphatic rings. The van der Waals surface area contributed by atoms with Gasteiger partial charge in [-0.3, -0.25) is 4.68 Å². The van der Waals surface area contributed by atoms with Crippen molar-refractivity contribution in [2.75, 3.05) is 43.4 Å². The molecule has 0 saturated carbocycles. The molecule has 0 bridgehead atoms. The number of aliphatic hydroxyl groups excluding tert-OH is 1. The first-order valence-electron chi connectivity index (χ1n) is 10.5. The lowest BCUT2D eigenvalue weighted by Gasteiger charge is -2.34. The molecular formula is C21H23F3N6O3S. The lowest BCUT2D eigenvalue weighted by atomic mass is 10.1. The number of aryl methyl sites for hydroxylation is 1. The highest BCUT2D eigenvalue weighted by Gasteiger charge is 2.30. The van der Waals surface area contributed by atoms with E-state index in [1.54, 1.807) is 30.2 Å². The van der Waals surface area contributed by atoms with Gasteiger partial charge in [-0.1, -0.05) is 12.1 Å². The van der Waals surface area contributed by atoms with Gasteiger partial charge in [0.1, 0.15) is 5.82 Å². The Morgan fingerprint density at radius 1 is 1.03 bits per heavy atom. The Morgan fingerprint density at radius 3 is 2.26 bits per heavy atom. The molecule has 1 N–H and O–H groups in total. The van der Waals surface area contributed by atoms with Gasteiger partial charge in [-0.25, -0.2) is 18.4 Å². The number of aromatic nitrogens is 4. The number of sulfonamides is 1. The molecule has 4 rings (SSSR count). The van der Waals surface area contributed by atoms with Gasteiger partial charge in [0.2, 0.25) is 10.0 Å². The summed E-state index contributed by atoms with van der Waals surface area (Å²) < 4.78 is 66.3. The maximum Gasteiger partial charge on any atom is 0.416 e. The summed E-state index contributed by atoms with van der Waals surface area (Å²) in [5, 5.41) is 13.1.